The molecule has 36 heavy (non-hydrogen) atoms. The lowest BCUT2D eigenvalue weighted by Crippen LogP contribution is -2.44. The van der Waals surface area contributed by atoms with E-state index < -0.39 is 8.32 Å². The first kappa shape index (κ1) is 26.2. The molecule has 1 saturated heterocycles. The van der Waals surface area contributed by atoms with Gasteiger partial charge in [0.25, 0.3) is 5.91 Å². The van der Waals surface area contributed by atoms with Crippen molar-refractivity contribution in [2.75, 3.05) is 20.2 Å². The standard InChI is InChI=1S/C30H40N2O3Si/c1-30(2,3)36(5,6)35-28-13-12-23-11-10-22(18-25(23)20-28)21-32-16-14-26(15-17-32)31-29(33)24-8-7-9-27(19-24)34-4/h7-13,18-20,26H,14-17,21H2,1-6H3,(H,31,33). The third-order valence-electron chi connectivity index (χ3n) is 7.72. The van der Waals surface area contributed by atoms with Gasteiger partial charge in [-0.05, 0) is 83.7 Å². The highest BCUT2D eigenvalue weighted by molar-refractivity contribution is 6.74. The van der Waals surface area contributed by atoms with Gasteiger partial charge in [-0.2, -0.15) is 0 Å². The summed E-state index contributed by atoms with van der Waals surface area (Å²) < 4.78 is 11.8. The first-order valence-corrected chi connectivity index (χ1v) is 15.8. The second-order valence-electron chi connectivity index (χ2n) is 11.5. The van der Waals surface area contributed by atoms with Crippen LogP contribution in [0, 0.1) is 0 Å². The molecule has 0 radical (unpaired) electrons. The number of rotatable bonds is 7. The van der Waals surface area contributed by atoms with Crippen LogP contribution in [-0.4, -0.2) is 45.4 Å². The Balaban J connectivity index is 1.34. The van der Waals surface area contributed by atoms with Crippen LogP contribution in [0.5, 0.6) is 11.5 Å². The monoisotopic (exact) mass is 504 g/mol. The van der Waals surface area contributed by atoms with Crippen LogP contribution in [0.15, 0.2) is 60.7 Å². The summed E-state index contributed by atoms with van der Waals surface area (Å²) in [6.45, 7) is 14.2. The maximum absolute atomic E-state index is 12.7. The molecule has 1 aliphatic rings. The Morgan fingerprint density at radius 3 is 2.39 bits per heavy atom. The van der Waals surface area contributed by atoms with Gasteiger partial charge in [-0.3, -0.25) is 9.69 Å². The number of ether oxygens (including phenoxy) is 1. The first-order chi connectivity index (χ1) is 17.0. The van der Waals surface area contributed by atoms with E-state index in [4.69, 9.17) is 9.16 Å². The summed E-state index contributed by atoms with van der Waals surface area (Å²) in [5.41, 5.74) is 1.95. The molecule has 3 aromatic rings. The van der Waals surface area contributed by atoms with E-state index in [1.807, 2.05) is 18.2 Å². The number of amides is 1. The van der Waals surface area contributed by atoms with Crippen molar-refractivity contribution in [2.45, 2.75) is 64.3 Å². The topological polar surface area (TPSA) is 50.8 Å². The van der Waals surface area contributed by atoms with Crippen molar-refractivity contribution in [2.24, 2.45) is 0 Å². The molecule has 0 atom stereocenters. The van der Waals surface area contributed by atoms with Crippen molar-refractivity contribution in [3.8, 4) is 11.5 Å². The second kappa shape index (κ2) is 10.6. The van der Waals surface area contributed by atoms with Gasteiger partial charge >= 0.3 is 0 Å². The van der Waals surface area contributed by atoms with Gasteiger partial charge in [0.2, 0.25) is 8.32 Å². The van der Waals surface area contributed by atoms with Gasteiger partial charge in [-0.25, -0.2) is 0 Å². The Bertz CT molecular complexity index is 1210. The van der Waals surface area contributed by atoms with Gasteiger partial charge in [0, 0.05) is 31.2 Å². The molecule has 1 aliphatic heterocycles. The Kier molecular flexibility index (Phi) is 7.76. The minimum Gasteiger partial charge on any atom is -0.543 e. The number of nitrogens with zero attached hydrogens (tertiary/aromatic N) is 1. The molecule has 0 aromatic heterocycles. The average Bonchev–Trinajstić information content (AvgIpc) is 2.84. The lowest BCUT2D eigenvalue weighted by Gasteiger charge is -2.36. The average molecular weight is 505 g/mol. The number of nitrogens with one attached hydrogen (secondary N) is 1. The molecule has 1 heterocycles. The van der Waals surface area contributed by atoms with Gasteiger partial charge in [-0.15, -0.1) is 0 Å². The van der Waals surface area contributed by atoms with Crippen molar-refractivity contribution in [3.63, 3.8) is 0 Å². The normalized spacial score (nSPS) is 15.6. The first-order valence-electron chi connectivity index (χ1n) is 12.9. The number of hydrogen-bond donors (Lipinski definition) is 1. The summed E-state index contributed by atoms with van der Waals surface area (Å²) in [7, 11) is -0.256. The molecule has 0 spiro atoms. The smallest absolute Gasteiger partial charge is 0.251 e. The van der Waals surface area contributed by atoms with E-state index in [-0.39, 0.29) is 17.0 Å². The van der Waals surface area contributed by atoms with Crippen LogP contribution in [-0.2, 0) is 6.54 Å². The molecule has 3 aromatic carbocycles. The van der Waals surface area contributed by atoms with Gasteiger partial charge < -0.3 is 14.5 Å². The molecule has 0 unspecified atom stereocenters. The van der Waals surface area contributed by atoms with E-state index in [0.717, 1.165) is 38.2 Å². The number of likely N-dealkylation sites (tertiary alicyclic amines) is 1. The molecule has 0 bridgehead atoms. The molecule has 0 saturated carbocycles. The highest BCUT2D eigenvalue weighted by Crippen LogP contribution is 2.38. The zero-order valence-electron chi connectivity index (χ0n) is 22.6. The van der Waals surface area contributed by atoms with Crippen LogP contribution in [0.3, 0.4) is 0 Å². The van der Waals surface area contributed by atoms with Crippen LogP contribution >= 0.6 is 0 Å². The minimum atomic E-state index is -1.87. The van der Waals surface area contributed by atoms with Crippen molar-refractivity contribution in [1.29, 1.82) is 0 Å². The number of piperidine rings is 1. The van der Waals surface area contributed by atoms with Crippen molar-refractivity contribution < 1.29 is 14.0 Å². The maximum Gasteiger partial charge on any atom is 0.251 e. The highest BCUT2D eigenvalue weighted by atomic mass is 28.4. The number of carbonyl (C=O) groups excluding carboxylic acids is 1. The predicted molar refractivity (Wildman–Crippen MR) is 151 cm³/mol. The van der Waals surface area contributed by atoms with Crippen LogP contribution in [0.25, 0.3) is 10.8 Å². The minimum absolute atomic E-state index is 0.0300. The fourth-order valence-corrected chi connectivity index (χ4v) is 5.43. The van der Waals surface area contributed by atoms with E-state index in [2.05, 4.69) is 80.5 Å². The summed E-state index contributed by atoms with van der Waals surface area (Å²) in [6.07, 6.45) is 1.90. The van der Waals surface area contributed by atoms with Gasteiger partial charge in [0.05, 0.1) is 7.11 Å². The summed E-state index contributed by atoms with van der Waals surface area (Å²) in [5.74, 6) is 1.64. The molecule has 1 amide bonds. The number of benzene rings is 3. The molecule has 1 N–H and O–H groups in total. The zero-order valence-corrected chi connectivity index (χ0v) is 23.6. The molecule has 5 nitrogen and oxygen atoms in total. The number of methoxy groups -OCH3 is 1. The van der Waals surface area contributed by atoms with E-state index in [1.165, 1.54) is 16.3 Å². The summed E-state index contributed by atoms with van der Waals surface area (Å²) in [4.78, 5) is 15.1. The van der Waals surface area contributed by atoms with Gasteiger partial charge in [0.15, 0.2) is 0 Å². The quantitative estimate of drug-likeness (QED) is 0.367. The van der Waals surface area contributed by atoms with Crippen LogP contribution in [0.2, 0.25) is 18.1 Å². The Labute approximate surface area is 216 Å². The summed E-state index contributed by atoms with van der Waals surface area (Å²) in [5, 5.41) is 5.83. The third-order valence-corrected chi connectivity index (χ3v) is 12.1. The van der Waals surface area contributed by atoms with Crippen LogP contribution in [0.1, 0.15) is 49.5 Å². The second-order valence-corrected chi connectivity index (χ2v) is 16.2. The van der Waals surface area contributed by atoms with Gasteiger partial charge in [0.1, 0.15) is 11.5 Å². The van der Waals surface area contributed by atoms with Crippen LogP contribution < -0.4 is 14.5 Å². The Hall–Kier alpha value is -2.83. The maximum atomic E-state index is 12.7. The predicted octanol–water partition coefficient (Wildman–Crippen LogP) is 6.63. The molecular weight excluding hydrogens is 464 g/mol. The van der Waals surface area contributed by atoms with E-state index in [0.29, 0.717) is 11.3 Å². The van der Waals surface area contributed by atoms with E-state index in [9.17, 15) is 4.79 Å². The SMILES string of the molecule is COc1cccc(C(=O)NC2CCN(Cc3ccc4ccc(O[Si](C)(C)C(C)(C)C)cc4c3)CC2)c1. The molecule has 192 valence electrons. The van der Waals surface area contributed by atoms with Crippen molar-refractivity contribution >= 4 is 25.0 Å². The number of hydrogen-bond acceptors (Lipinski definition) is 4. The Morgan fingerprint density at radius 1 is 0.972 bits per heavy atom. The molecule has 6 heteroatoms. The van der Waals surface area contributed by atoms with Crippen molar-refractivity contribution in [1.82, 2.24) is 10.2 Å². The molecule has 0 aliphatic carbocycles. The lowest BCUT2D eigenvalue weighted by molar-refractivity contribution is 0.0908. The van der Waals surface area contributed by atoms with E-state index in [1.54, 1.807) is 13.2 Å². The molecule has 4 rings (SSSR count). The zero-order chi connectivity index (χ0) is 25.9. The largest absolute Gasteiger partial charge is 0.543 e. The summed E-state index contributed by atoms with van der Waals surface area (Å²) >= 11 is 0. The Morgan fingerprint density at radius 2 is 1.69 bits per heavy atom. The van der Waals surface area contributed by atoms with Gasteiger partial charge in [-0.1, -0.05) is 45.0 Å². The van der Waals surface area contributed by atoms with Crippen LogP contribution in [0.4, 0.5) is 0 Å². The molecule has 1 fully saturated rings. The highest BCUT2D eigenvalue weighted by Gasteiger charge is 2.39. The fourth-order valence-electron chi connectivity index (χ4n) is 4.41. The van der Waals surface area contributed by atoms with Crippen molar-refractivity contribution in [3.05, 3.63) is 71.8 Å². The summed E-state index contributed by atoms with van der Waals surface area (Å²) in [6, 6.07) is 20.7. The molecular formula is C30H40N2O3Si. The van der Waals surface area contributed by atoms with E-state index >= 15 is 0 Å². The third kappa shape index (κ3) is 6.29. The fraction of sp³-hybridized carbons (Fsp3) is 0.433. The number of carbonyl (C=O) groups is 1. The number of fused-ring (bicyclic) bond motifs is 1. The lowest BCUT2D eigenvalue weighted by atomic mass is 10.0.